The highest BCUT2D eigenvalue weighted by Crippen LogP contribution is 2.22. The zero-order valence-electron chi connectivity index (χ0n) is 12.0. The smallest absolute Gasteiger partial charge is 0.0487 e. The van der Waals surface area contributed by atoms with Gasteiger partial charge in [0.25, 0.3) is 0 Å². The third-order valence-corrected chi connectivity index (χ3v) is 4.24. The van der Waals surface area contributed by atoms with Gasteiger partial charge in [0.05, 0.1) is 0 Å². The van der Waals surface area contributed by atoms with Gasteiger partial charge in [0.2, 0.25) is 0 Å². The van der Waals surface area contributed by atoms with Crippen LogP contribution in [0.3, 0.4) is 0 Å². The van der Waals surface area contributed by atoms with E-state index in [9.17, 15) is 0 Å². The highest BCUT2D eigenvalue weighted by atomic mass is 32.1. The van der Waals surface area contributed by atoms with E-state index in [1.54, 1.807) is 11.3 Å². The summed E-state index contributed by atoms with van der Waals surface area (Å²) in [4.78, 5) is 0. The third-order valence-electron chi connectivity index (χ3n) is 3.51. The van der Waals surface area contributed by atoms with Gasteiger partial charge in [-0.2, -0.15) is 11.3 Å². The van der Waals surface area contributed by atoms with Crippen molar-refractivity contribution < 1.29 is 0 Å². The molecule has 3 heteroatoms. The molecular weight excluding hydrogens is 264 g/mol. The van der Waals surface area contributed by atoms with Crippen molar-refractivity contribution in [1.82, 2.24) is 9.88 Å². The molecule has 104 valence electrons. The second-order valence-electron chi connectivity index (χ2n) is 5.45. The molecule has 0 spiro atoms. The first-order valence-corrected chi connectivity index (χ1v) is 8.00. The number of benzene rings is 1. The highest BCUT2D eigenvalue weighted by Gasteiger charge is 2.09. The van der Waals surface area contributed by atoms with E-state index in [1.165, 1.54) is 22.2 Å². The van der Waals surface area contributed by atoms with Crippen LogP contribution in [0.4, 0.5) is 0 Å². The summed E-state index contributed by atoms with van der Waals surface area (Å²) >= 11 is 1.76. The maximum absolute atomic E-state index is 3.52. The quantitative estimate of drug-likeness (QED) is 0.741. The monoisotopic (exact) mass is 284 g/mol. The van der Waals surface area contributed by atoms with E-state index < -0.39 is 0 Å². The Hall–Kier alpha value is -1.58. The van der Waals surface area contributed by atoms with Crippen LogP contribution in [-0.4, -0.2) is 10.6 Å². The number of nitrogens with one attached hydrogen (secondary N) is 1. The molecule has 20 heavy (non-hydrogen) atoms. The van der Waals surface area contributed by atoms with Gasteiger partial charge in [0.1, 0.15) is 0 Å². The van der Waals surface area contributed by atoms with Gasteiger partial charge in [0.15, 0.2) is 0 Å². The van der Waals surface area contributed by atoms with Crippen molar-refractivity contribution in [2.75, 3.05) is 0 Å². The van der Waals surface area contributed by atoms with Crippen molar-refractivity contribution in [3.63, 3.8) is 0 Å². The van der Waals surface area contributed by atoms with Crippen LogP contribution < -0.4 is 5.32 Å². The zero-order chi connectivity index (χ0) is 13.9. The van der Waals surface area contributed by atoms with Crippen LogP contribution in [-0.2, 0) is 13.1 Å². The first-order chi connectivity index (χ1) is 9.74. The molecular formula is C17H20N2S. The number of para-hydroxylation sites is 1. The average Bonchev–Trinajstić information content (AvgIpc) is 3.05. The second-order valence-corrected chi connectivity index (χ2v) is 6.23. The van der Waals surface area contributed by atoms with Crippen LogP contribution in [0.15, 0.2) is 47.2 Å². The van der Waals surface area contributed by atoms with Gasteiger partial charge in [-0.3, -0.25) is 0 Å². The maximum atomic E-state index is 3.52. The molecule has 2 nitrogen and oxygen atoms in total. The molecule has 0 atom stereocenters. The van der Waals surface area contributed by atoms with Crippen molar-refractivity contribution in [3.8, 4) is 0 Å². The van der Waals surface area contributed by atoms with E-state index in [1.807, 2.05) is 0 Å². The lowest BCUT2D eigenvalue weighted by atomic mass is 10.2. The number of thiophene rings is 1. The number of nitrogens with zero attached hydrogens (tertiary/aromatic N) is 1. The van der Waals surface area contributed by atoms with Crippen LogP contribution in [0, 0.1) is 0 Å². The SMILES string of the molecule is CC(C)NCc1cc2ccccc2n1Cc1ccsc1. The van der Waals surface area contributed by atoms with E-state index in [0.29, 0.717) is 6.04 Å². The lowest BCUT2D eigenvalue weighted by Gasteiger charge is -2.12. The van der Waals surface area contributed by atoms with Crippen LogP contribution in [0.1, 0.15) is 25.1 Å². The molecule has 0 saturated heterocycles. The molecule has 2 heterocycles. The summed E-state index contributed by atoms with van der Waals surface area (Å²) in [5.74, 6) is 0. The molecule has 0 unspecified atom stereocenters. The van der Waals surface area contributed by atoms with Crippen LogP contribution in [0.25, 0.3) is 10.9 Å². The lowest BCUT2D eigenvalue weighted by Crippen LogP contribution is -2.23. The predicted octanol–water partition coefficient (Wildman–Crippen LogP) is 4.25. The van der Waals surface area contributed by atoms with E-state index in [-0.39, 0.29) is 0 Å². The van der Waals surface area contributed by atoms with Crippen LogP contribution >= 0.6 is 11.3 Å². The summed E-state index contributed by atoms with van der Waals surface area (Å²) in [5.41, 5.74) is 4.05. The predicted molar refractivity (Wildman–Crippen MR) is 87.3 cm³/mol. The summed E-state index contributed by atoms with van der Waals surface area (Å²) in [6, 6.07) is 13.6. The molecule has 1 aromatic carbocycles. The number of aromatic nitrogens is 1. The van der Waals surface area contributed by atoms with Crippen molar-refractivity contribution in [1.29, 1.82) is 0 Å². The molecule has 0 fully saturated rings. The molecule has 0 amide bonds. The minimum atomic E-state index is 0.502. The minimum absolute atomic E-state index is 0.502. The number of rotatable bonds is 5. The Morgan fingerprint density at radius 2 is 2.05 bits per heavy atom. The Labute approximate surface area is 124 Å². The Morgan fingerprint density at radius 1 is 1.20 bits per heavy atom. The van der Waals surface area contributed by atoms with Gasteiger partial charge in [-0.25, -0.2) is 0 Å². The summed E-state index contributed by atoms with van der Waals surface area (Å²) < 4.78 is 2.42. The van der Waals surface area contributed by atoms with Gasteiger partial charge in [-0.15, -0.1) is 0 Å². The molecule has 1 N–H and O–H groups in total. The van der Waals surface area contributed by atoms with Crippen LogP contribution in [0.5, 0.6) is 0 Å². The molecule has 3 aromatic rings. The van der Waals surface area contributed by atoms with E-state index >= 15 is 0 Å². The van der Waals surface area contributed by atoms with Gasteiger partial charge in [0, 0.05) is 30.3 Å². The fourth-order valence-electron chi connectivity index (χ4n) is 2.47. The molecule has 0 aliphatic heterocycles. The van der Waals surface area contributed by atoms with Crippen molar-refractivity contribution >= 4 is 22.2 Å². The van der Waals surface area contributed by atoms with Crippen molar-refractivity contribution in [3.05, 3.63) is 58.4 Å². The van der Waals surface area contributed by atoms with Gasteiger partial charge < -0.3 is 9.88 Å². The van der Waals surface area contributed by atoms with E-state index in [2.05, 4.69) is 70.9 Å². The maximum Gasteiger partial charge on any atom is 0.0487 e. The van der Waals surface area contributed by atoms with Gasteiger partial charge >= 0.3 is 0 Å². The number of fused-ring (bicyclic) bond motifs is 1. The molecule has 2 aromatic heterocycles. The van der Waals surface area contributed by atoms with E-state index in [0.717, 1.165) is 13.1 Å². The summed E-state index contributed by atoms with van der Waals surface area (Å²) in [6.07, 6.45) is 0. The first kappa shape index (κ1) is 13.4. The van der Waals surface area contributed by atoms with Crippen LogP contribution in [0.2, 0.25) is 0 Å². The van der Waals surface area contributed by atoms with Crippen molar-refractivity contribution in [2.24, 2.45) is 0 Å². The lowest BCUT2D eigenvalue weighted by molar-refractivity contribution is 0.567. The summed E-state index contributed by atoms with van der Waals surface area (Å²) in [5, 5.41) is 9.22. The first-order valence-electron chi connectivity index (χ1n) is 7.05. The van der Waals surface area contributed by atoms with E-state index in [4.69, 9.17) is 0 Å². The average molecular weight is 284 g/mol. The fraction of sp³-hybridized carbons (Fsp3) is 0.294. The fourth-order valence-corrected chi connectivity index (χ4v) is 3.13. The largest absolute Gasteiger partial charge is 0.339 e. The summed E-state index contributed by atoms with van der Waals surface area (Å²) in [6.45, 7) is 6.24. The highest BCUT2D eigenvalue weighted by molar-refractivity contribution is 7.07. The molecule has 0 radical (unpaired) electrons. The van der Waals surface area contributed by atoms with Gasteiger partial charge in [-0.05, 0) is 39.9 Å². The zero-order valence-corrected chi connectivity index (χ0v) is 12.8. The molecule has 0 bridgehead atoms. The Bertz CT molecular complexity index is 680. The molecule has 0 aliphatic carbocycles. The third kappa shape index (κ3) is 2.79. The normalized spacial score (nSPS) is 11.6. The van der Waals surface area contributed by atoms with Crippen molar-refractivity contribution in [2.45, 2.75) is 33.0 Å². The number of hydrogen-bond acceptors (Lipinski definition) is 2. The molecule has 0 aliphatic rings. The Kier molecular flexibility index (Phi) is 3.90. The molecule has 3 rings (SSSR count). The Morgan fingerprint density at radius 3 is 2.80 bits per heavy atom. The second kappa shape index (κ2) is 5.81. The summed E-state index contributed by atoms with van der Waals surface area (Å²) in [7, 11) is 0. The minimum Gasteiger partial charge on any atom is -0.339 e. The number of hydrogen-bond donors (Lipinski definition) is 1. The van der Waals surface area contributed by atoms with Gasteiger partial charge in [-0.1, -0.05) is 32.0 Å². The Balaban J connectivity index is 1.99. The topological polar surface area (TPSA) is 17.0 Å². The molecule has 0 saturated carbocycles. The standard InChI is InChI=1S/C17H20N2S/c1-13(2)18-10-16-9-15-5-3-4-6-17(15)19(16)11-14-7-8-20-12-14/h3-9,12-13,18H,10-11H2,1-2H3.